The molecule has 1 fully saturated rings. The maximum Gasteiger partial charge on any atom is 0.407 e. The van der Waals surface area contributed by atoms with Crippen molar-refractivity contribution in [2.45, 2.75) is 18.9 Å². The molecule has 3 rings (SSSR count). The second kappa shape index (κ2) is 6.65. The number of anilines is 1. The zero-order chi connectivity index (χ0) is 17.1. The minimum absolute atomic E-state index is 0.0893. The van der Waals surface area contributed by atoms with Crippen LogP contribution >= 0.6 is 0 Å². The van der Waals surface area contributed by atoms with Gasteiger partial charge in [-0.05, 0) is 18.9 Å². The van der Waals surface area contributed by atoms with Crippen LogP contribution in [0.2, 0.25) is 0 Å². The Kier molecular flexibility index (Phi) is 4.41. The van der Waals surface area contributed by atoms with Gasteiger partial charge >= 0.3 is 6.09 Å². The summed E-state index contributed by atoms with van der Waals surface area (Å²) in [5, 5.41) is 12.3. The van der Waals surface area contributed by atoms with Gasteiger partial charge in [-0.2, -0.15) is 0 Å². The quantitative estimate of drug-likeness (QED) is 0.855. The van der Waals surface area contributed by atoms with Gasteiger partial charge in [-0.3, -0.25) is 9.36 Å². The highest BCUT2D eigenvalue weighted by atomic mass is 16.4. The van der Waals surface area contributed by atoms with Crippen LogP contribution in [0.4, 0.5) is 10.7 Å². The summed E-state index contributed by atoms with van der Waals surface area (Å²) in [4.78, 5) is 37.1. The van der Waals surface area contributed by atoms with E-state index in [0.29, 0.717) is 30.4 Å². The molecular weight excluding hydrogens is 312 g/mol. The molecule has 1 amide bonds. The number of likely N-dealkylation sites (tertiary alicyclic amines) is 1. The lowest BCUT2D eigenvalue weighted by atomic mass is 10.1. The van der Waals surface area contributed by atoms with Crippen LogP contribution in [0, 0.1) is 0 Å². The van der Waals surface area contributed by atoms with Crippen molar-refractivity contribution in [1.82, 2.24) is 24.4 Å². The molecule has 9 nitrogen and oxygen atoms in total. The van der Waals surface area contributed by atoms with E-state index >= 15 is 0 Å². The minimum atomic E-state index is -0.932. The van der Waals surface area contributed by atoms with Gasteiger partial charge < -0.3 is 15.3 Å². The first-order valence-electron chi connectivity index (χ1n) is 7.63. The minimum Gasteiger partial charge on any atom is -0.465 e. The SMILES string of the molecule is Cn1c(N[C@@H]2CCCN(C(=O)O)C2)nc(-c2ccncn2)cc1=O. The van der Waals surface area contributed by atoms with E-state index in [0.717, 1.165) is 12.8 Å². The Morgan fingerprint density at radius 3 is 2.96 bits per heavy atom. The van der Waals surface area contributed by atoms with Crippen molar-refractivity contribution >= 4 is 12.0 Å². The first-order chi connectivity index (χ1) is 11.5. The first-order valence-corrected chi connectivity index (χ1v) is 7.63. The summed E-state index contributed by atoms with van der Waals surface area (Å²) >= 11 is 0. The molecule has 1 aliphatic rings. The van der Waals surface area contributed by atoms with Crippen molar-refractivity contribution in [3.63, 3.8) is 0 Å². The number of rotatable bonds is 3. The number of amides is 1. The fourth-order valence-electron chi connectivity index (χ4n) is 2.69. The Balaban J connectivity index is 1.86. The van der Waals surface area contributed by atoms with E-state index in [1.165, 1.54) is 21.9 Å². The van der Waals surface area contributed by atoms with Crippen LogP contribution in [0.3, 0.4) is 0 Å². The molecule has 0 aromatic carbocycles. The van der Waals surface area contributed by atoms with E-state index < -0.39 is 6.09 Å². The van der Waals surface area contributed by atoms with Crippen LogP contribution in [0.25, 0.3) is 11.4 Å². The second-order valence-electron chi connectivity index (χ2n) is 5.67. The third-order valence-corrected chi connectivity index (χ3v) is 4.00. The Morgan fingerprint density at radius 2 is 2.25 bits per heavy atom. The highest BCUT2D eigenvalue weighted by molar-refractivity contribution is 5.65. The molecule has 0 aliphatic carbocycles. The van der Waals surface area contributed by atoms with Crippen LogP contribution in [-0.2, 0) is 7.05 Å². The van der Waals surface area contributed by atoms with E-state index in [1.54, 1.807) is 19.3 Å². The molecule has 3 heterocycles. The lowest BCUT2D eigenvalue weighted by molar-refractivity contribution is 0.132. The average Bonchev–Trinajstić information content (AvgIpc) is 2.59. The zero-order valence-electron chi connectivity index (χ0n) is 13.2. The second-order valence-corrected chi connectivity index (χ2v) is 5.67. The molecule has 0 spiro atoms. The molecular formula is C15H18N6O3. The van der Waals surface area contributed by atoms with Gasteiger partial charge in [0.15, 0.2) is 0 Å². The molecule has 0 radical (unpaired) electrons. The van der Waals surface area contributed by atoms with Crippen molar-refractivity contribution in [2.75, 3.05) is 18.4 Å². The molecule has 9 heteroatoms. The summed E-state index contributed by atoms with van der Waals surface area (Å²) in [7, 11) is 1.62. The standard InChI is InChI=1S/C15H18N6O3/c1-20-13(22)7-12(11-4-5-16-9-17-11)19-14(20)18-10-3-2-6-21(8-10)15(23)24/h4-5,7,9-10H,2-3,6,8H2,1H3,(H,18,19)(H,23,24)/t10-/m1/s1. The summed E-state index contributed by atoms with van der Waals surface area (Å²) in [6.45, 7) is 0.893. The van der Waals surface area contributed by atoms with E-state index in [1.807, 2.05) is 0 Å². The normalized spacial score (nSPS) is 17.5. The summed E-state index contributed by atoms with van der Waals surface area (Å²) < 4.78 is 1.41. The fourth-order valence-corrected chi connectivity index (χ4v) is 2.69. The summed E-state index contributed by atoms with van der Waals surface area (Å²) in [5.41, 5.74) is 0.794. The summed E-state index contributed by atoms with van der Waals surface area (Å²) in [6, 6.07) is 3.00. The monoisotopic (exact) mass is 330 g/mol. The number of hydrogen-bond donors (Lipinski definition) is 2. The maximum atomic E-state index is 12.2. The van der Waals surface area contributed by atoms with Crippen molar-refractivity contribution in [3.8, 4) is 11.4 Å². The van der Waals surface area contributed by atoms with Crippen LogP contribution in [0.1, 0.15) is 12.8 Å². The predicted octanol–water partition coefficient (Wildman–Crippen LogP) is 0.792. The van der Waals surface area contributed by atoms with Crippen molar-refractivity contribution in [2.24, 2.45) is 7.05 Å². The third kappa shape index (κ3) is 3.34. The number of carboxylic acid groups (broad SMARTS) is 1. The van der Waals surface area contributed by atoms with E-state index in [9.17, 15) is 9.59 Å². The predicted molar refractivity (Wildman–Crippen MR) is 86.7 cm³/mol. The van der Waals surface area contributed by atoms with Crippen molar-refractivity contribution in [3.05, 3.63) is 35.0 Å². The third-order valence-electron chi connectivity index (χ3n) is 4.00. The number of hydrogen-bond acceptors (Lipinski definition) is 6. The van der Waals surface area contributed by atoms with Crippen LogP contribution in [0.5, 0.6) is 0 Å². The van der Waals surface area contributed by atoms with Gasteiger partial charge in [0, 0.05) is 38.4 Å². The fraction of sp³-hybridized carbons (Fsp3) is 0.400. The molecule has 0 bridgehead atoms. The number of nitrogens with one attached hydrogen (secondary N) is 1. The first kappa shape index (κ1) is 15.9. The van der Waals surface area contributed by atoms with E-state index in [2.05, 4.69) is 20.3 Å². The summed E-state index contributed by atoms with van der Waals surface area (Å²) in [6.07, 6.45) is 3.63. The lowest BCUT2D eigenvalue weighted by Gasteiger charge is -2.31. The van der Waals surface area contributed by atoms with Crippen molar-refractivity contribution in [1.29, 1.82) is 0 Å². The smallest absolute Gasteiger partial charge is 0.407 e. The Labute approximate surface area is 138 Å². The van der Waals surface area contributed by atoms with E-state index in [-0.39, 0.29) is 11.6 Å². The van der Waals surface area contributed by atoms with Crippen molar-refractivity contribution < 1.29 is 9.90 Å². The van der Waals surface area contributed by atoms with Gasteiger partial charge in [0.1, 0.15) is 6.33 Å². The topological polar surface area (TPSA) is 113 Å². The molecule has 0 unspecified atom stereocenters. The lowest BCUT2D eigenvalue weighted by Crippen LogP contribution is -2.45. The summed E-state index contributed by atoms with van der Waals surface area (Å²) in [5.74, 6) is 0.397. The molecule has 2 N–H and O–H groups in total. The van der Waals surface area contributed by atoms with Gasteiger partial charge in [0.2, 0.25) is 5.95 Å². The highest BCUT2D eigenvalue weighted by Gasteiger charge is 2.24. The van der Waals surface area contributed by atoms with E-state index in [4.69, 9.17) is 5.11 Å². The van der Waals surface area contributed by atoms with Crippen LogP contribution in [0.15, 0.2) is 29.5 Å². The van der Waals surface area contributed by atoms with Crippen LogP contribution in [-0.4, -0.2) is 54.8 Å². The Hall–Kier alpha value is -2.97. The number of aromatic nitrogens is 4. The molecule has 1 aliphatic heterocycles. The van der Waals surface area contributed by atoms with Gasteiger partial charge in [-0.15, -0.1) is 0 Å². The van der Waals surface area contributed by atoms with Gasteiger partial charge in [0.05, 0.1) is 11.4 Å². The molecule has 1 atom stereocenters. The van der Waals surface area contributed by atoms with Crippen LogP contribution < -0.4 is 10.9 Å². The van der Waals surface area contributed by atoms with Gasteiger partial charge in [0.25, 0.3) is 5.56 Å². The number of nitrogens with zero attached hydrogens (tertiary/aromatic N) is 5. The maximum absolute atomic E-state index is 12.2. The largest absolute Gasteiger partial charge is 0.465 e. The molecule has 126 valence electrons. The average molecular weight is 330 g/mol. The van der Waals surface area contributed by atoms with Gasteiger partial charge in [-0.1, -0.05) is 0 Å². The Morgan fingerprint density at radius 1 is 1.42 bits per heavy atom. The highest BCUT2D eigenvalue weighted by Crippen LogP contribution is 2.17. The molecule has 2 aromatic heterocycles. The molecule has 1 saturated heterocycles. The number of piperidine rings is 1. The number of carbonyl (C=O) groups is 1. The molecule has 24 heavy (non-hydrogen) atoms. The Bertz CT molecular complexity index is 792. The zero-order valence-corrected chi connectivity index (χ0v) is 13.2. The van der Waals surface area contributed by atoms with Gasteiger partial charge in [-0.25, -0.2) is 19.7 Å². The molecule has 2 aromatic rings. The molecule has 0 saturated carbocycles.